The SMILES string of the molecule is CC(C)(C)OC(=O)n1c(C#Cc2cccnc2)nc2ccccc21. The smallest absolute Gasteiger partial charge is 0.421 e. The Bertz CT molecular complexity index is 941. The van der Waals surface area contributed by atoms with E-state index in [-0.39, 0.29) is 0 Å². The maximum absolute atomic E-state index is 12.6. The standard InChI is InChI=1S/C19H17N3O2/c1-19(2,3)24-18(23)22-16-9-5-4-8-15(16)21-17(22)11-10-14-7-6-12-20-13-14/h4-9,12-13H,1-3H3. The third kappa shape index (κ3) is 3.44. The molecule has 5 heteroatoms. The lowest BCUT2D eigenvalue weighted by atomic mass is 10.2. The van der Waals surface area contributed by atoms with Crippen molar-refractivity contribution in [3.05, 3.63) is 60.2 Å². The van der Waals surface area contributed by atoms with Crippen LogP contribution >= 0.6 is 0 Å². The van der Waals surface area contributed by atoms with Crippen LogP contribution in [0.5, 0.6) is 0 Å². The summed E-state index contributed by atoms with van der Waals surface area (Å²) in [6.07, 6.45) is 2.85. The van der Waals surface area contributed by atoms with Crippen molar-refractivity contribution in [3.63, 3.8) is 0 Å². The summed E-state index contributed by atoms with van der Waals surface area (Å²) in [7, 11) is 0. The van der Waals surface area contributed by atoms with Crippen molar-refractivity contribution >= 4 is 17.1 Å². The van der Waals surface area contributed by atoms with Gasteiger partial charge in [0.05, 0.1) is 11.0 Å². The van der Waals surface area contributed by atoms with Gasteiger partial charge in [0.15, 0.2) is 5.82 Å². The van der Waals surface area contributed by atoms with Gasteiger partial charge in [-0.05, 0) is 51.0 Å². The van der Waals surface area contributed by atoms with E-state index in [9.17, 15) is 4.79 Å². The molecule has 0 bridgehead atoms. The topological polar surface area (TPSA) is 57.0 Å². The third-order valence-electron chi connectivity index (χ3n) is 3.12. The number of carbonyl (C=O) groups is 1. The zero-order chi connectivity index (χ0) is 17.2. The molecule has 0 atom stereocenters. The summed E-state index contributed by atoms with van der Waals surface area (Å²) in [5.41, 5.74) is 1.51. The monoisotopic (exact) mass is 319 g/mol. The Kier molecular flexibility index (Phi) is 4.05. The summed E-state index contributed by atoms with van der Waals surface area (Å²) in [4.78, 5) is 21.1. The normalized spacial score (nSPS) is 11.0. The van der Waals surface area contributed by atoms with E-state index in [0.29, 0.717) is 16.9 Å². The average Bonchev–Trinajstić information content (AvgIpc) is 2.91. The Balaban J connectivity index is 2.09. The van der Waals surface area contributed by atoms with Crippen LogP contribution in [0.2, 0.25) is 0 Å². The maximum atomic E-state index is 12.6. The highest BCUT2D eigenvalue weighted by Crippen LogP contribution is 2.18. The number of imidazole rings is 1. The van der Waals surface area contributed by atoms with Crippen molar-refractivity contribution in [1.82, 2.24) is 14.5 Å². The van der Waals surface area contributed by atoms with Gasteiger partial charge in [-0.1, -0.05) is 18.1 Å². The fraction of sp³-hybridized carbons (Fsp3) is 0.211. The van der Waals surface area contributed by atoms with Crippen LogP contribution in [0.3, 0.4) is 0 Å². The van der Waals surface area contributed by atoms with E-state index in [1.165, 1.54) is 4.57 Å². The number of fused-ring (bicyclic) bond motifs is 1. The Morgan fingerprint density at radius 2 is 1.92 bits per heavy atom. The second-order valence-electron chi connectivity index (χ2n) is 6.23. The van der Waals surface area contributed by atoms with E-state index < -0.39 is 11.7 Å². The molecule has 1 aromatic carbocycles. The van der Waals surface area contributed by atoms with Gasteiger partial charge in [0.2, 0.25) is 0 Å². The quantitative estimate of drug-likeness (QED) is 0.594. The van der Waals surface area contributed by atoms with Gasteiger partial charge < -0.3 is 4.74 Å². The van der Waals surface area contributed by atoms with E-state index in [2.05, 4.69) is 21.8 Å². The molecule has 0 aliphatic carbocycles. The summed E-state index contributed by atoms with van der Waals surface area (Å²) in [5, 5.41) is 0. The fourth-order valence-electron chi connectivity index (χ4n) is 2.17. The molecule has 2 aromatic heterocycles. The molecule has 3 rings (SSSR count). The van der Waals surface area contributed by atoms with Crippen molar-refractivity contribution in [2.75, 3.05) is 0 Å². The fourth-order valence-corrected chi connectivity index (χ4v) is 2.17. The summed E-state index contributed by atoms with van der Waals surface area (Å²) in [6.45, 7) is 5.47. The lowest BCUT2D eigenvalue weighted by Crippen LogP contribution is -2.27. The molecular weight excluding hydrogens is 302 g/mol. The van der Waals surface area contributed by atoms with Crippen molar-refractivity contribution in [2.24, 2.45) is 0 Å². The Hall–Kier alpha value is -3.13. The summed E-state index contributed by atoms with van der Waals surface area (Å²) in [6, 6.07) is 11.0. The molecule has 0 aliphatic rings. The molecule has 2 heterocycles. The van der Waals surface area contributed by atoms with Crippen LogP contribution in [0.1, 0.15) is 32.2 Å². The number of para-hydroxylation sites is 2. The zero-order valence-corrected chi connectivity index (χ0v) is 13.8. The number of hydrogen-bond acceptors (Lipinski definition) is 4. The third-order valence-corrected chi connectivity index (χ3v) is 3.12. The van der Waals surface area contributed by atoms with Gasteiger partial charge in [-0.3, -0.25) is 4.98 Å². The van der Waals surface area contributed by atoms with Crippen molar-refractivity contribution in [3.8, 4) is 11.8 Å². The lowest BCUT2D eigenvalue weighted by Gasteiger charge is -2.19. The second-order valence-corrected chi connectivity index (χ2v) is 6.23. The van der Waals surface area contributed by atoms with Gasteiger partial charge in [0, 0.05) is 18.0 Å². The van der Waals surface area contributed by atoms with Gasteiger partial charge in [-0.15, -0.1) is 0 Å². The molecule has 5 nitrogen and oxygen atoms in total. The molecule has 0 saturated carbocycles. The van der Waals surface area contributed by atoms with Crippen LogP contribution in [0.15, 0.2) is 48.8 Å². The first-order chi connectivity index (χ1) is 11.4. The van der Waals surface area contributed by atoms with Gasteiger partial charge >= 0.3 is 6.09 Å². The minimum absolute atomic E-state index is 0.342. The summed E-state index contributed by atoms with van der Waals surface area (Å²) in [5.74, 6) is 6.27. The molecule has 0 spiro atoms. The first kappa shape index (κ1) is 15.8. The Morgan fingerprint density at radius 3 is 2.62 bits per heavy atom. The second kappa shape index (κ2) is 6.17. The zero-order valence-electron chi connectivity index (χ0n) is 13.8. The molecule has 3 aromatic rings. The number of pyridine rings is 1. The molecule has 24 heavy (non-hydrogen) atoms. The van der Waals surface area contributed by atoms with Crippen LogP contribution in [-0.2, 0) is 4.74 Å². The van der Waals surface area contributed by atoms with Crippen molar-refractivity contribution < 1.29 is 9.53 Å². The Morgan fingerprint density at radius 1 is 1.12 bits per heavy atom. The number of benzene rings is 1. The number of hydrogen-bond donors (Lipinski definition) is 0. The molecule has 0 saturated heterocycles. The molecule has 0 radical (unpaired) electrons. The predicted octanol–water partition coefficient (Wildman–Crippen LogP) is 3.61. The van der Waals surface area contributed by atoms with E-state index in [4.69, 9.17) is 4.74 Å². The first-order valence-corrected chi connectivity index (χ1v) is 7.57. The van der Waals surface area contributed by atoms with Gasteiger partial charge in [-0.2, -0.15) is 0 Å². The van der Waals surface area contributed by atoms with E-state index in [0.717, 1.165) is 5.56 Å². The number of rotatable bonds is 0. The van der Waals surface area contributed by atoms with Crippen molar-refractivity contribution in [1.29, 1.82) is 0 Å². The lowest BCUT2D eigenvalue weighted by molar-refractivity contribution is 0.0542. The molecule has 0 fully saturated rings. The van der Waals surface area contributed by atoms with E-state index >= 15 is 0 Å². The highest BCUT2D eigenvalue weighted by Gasteiger charge is 2.22. The van der Waals surface area contributed by atoms with Crippen LogP contribution in [0, 0.1) is 11.8 Å². The van der Waals surface area contributed by atoms with Crippen LogP contribution < -0.4 is 0 Å². The number of aromatic nitrogens is 3. The molecule has 0 aliphatic heterocycles. The summed E-state index contributed by atoms with van der Waals surface area (Å²) >= 11 is 0. The molecule has 0 unspecified atom stereocenters. The molecular formula is C19H17N3O2. The van der Waals surface area contributed by atoms with Crippen LogP contribution in [0.4, 0.5) is 4.79 Å². The molecule has 0 amide bonds. The average molecular weight is 319 g/mol. The number of ether oxygens (including phenoxy) is 1. The minimum Gasteiger partial charge on any atom is -0.443 e. The van der Waals surface area contributed by atoms with Crippen LogP contribution in [0.25, 0.3) is 11.0 Å². The Labute approximate surface area is 140 Å². The van der Waals surface area contributed by atoms with Gasteiger partial charge in [0.1, 0.15) is 5.60 Å². The van der Waals surface area contributed by atoms with Crippen LogP contribution in [-0.4, -0.2) is 26.2 Å². The summed E-state index contributed by atoms with van der Waals surface area (Å²) < 4.78 is 6.89. The van der Waals surface area contributed by atoms with E-state index in [1.807, 2.05) is 51.1 Å². The minimum atomic E-state index is -0.601. The molecule has 120 valence electrons. The van der Waals surface area contributed by atoms with Gasteiger partial charge in [0.25, 0.3) is 0 Å². The number of carbonyl (C=O) groups excluding carboxylic acids is 1. The molecule has 0 N–H and O–H groups in total. The maximum Gasteiger partial charge on any atom is 0.421 e. The number of nitrogens with zero attached hydrogens (tertiary/aromatic N) is 3. The van der Waals surface area contributed by atoms with Gasteiger partial charge in [-0.25, -0.2) is 14.3 Å². The largest absolute Gasteiger partial charge is 0.443 e. The van der Waals surface area contributed by atoms with Crippen molar-refractivity contribution in [2.45, 2.75) is 26.4 Å². The first-order valence-electron chi connectivity index (χ1n) is 7.57. The highest BCUT2D eigenvalue weighted by atomic mass is 16.6. The predicted molar refractivity (Wildman–Crippen MR) is 91.6 cm³/mol. The van der Waals surface area contributed by atoms with E-state index in [1.54, 1.807) is 18.5 Å². The highest BCUT2D eigenvalue weighted by molar-refractivity contribution is 5.88.